The molecule has 1 saturated heterocycles. The second kappa shape index (κ2) is 7.46. The molecule has 21 heavy (non-hydrogen) atoms. The number of benzene rings is 1. The van der Waals surface area contributed by atoms with Crippen LogP contribution in [0.3, 0.4) is 0 Å². The van der Waals surface area contributed by atoms with E-state index in [4.69, 9.17) is 5.73 Å². The second-order valence-corrected chi connectivity index (χ2v) is 6.12. The Balaban J connectivity index is 1.92. The van der Waals surface area contributed by atoms with Crippen molar-refractivity contribution in [3.05, 3.63) is 23.8 Å². The highest BCUT2D eigenvalue weighted by atomic mass is 16.1. The van der Waals surface area contributed by atoms with Gasteiger partial charge in [-0.15, -0.1) is 0 Å². The van der Waals surface area contributed by atoms with E-state index in [2.05, 4.69) is 36.2 Å². The number of carbonyl (C=O) groups excluding carboxylic acids is 1. The minimum absolute atomic E-state index is 0.0762. The van der Waals surface area contributed by atoms with E-state index >= 15 is 0 Å². The first-order chi connectivity index (χ1) is 10.1. The number of hydrogen-bond donors (Lipinski definition) is 2. The van der Waals surface area contributed by atoms with Crippen LogP contribution >= 0.6 is 0 Å². The van der Waals surface area contributed by atoms with Crippen LogP contribution in [0.5, 0.6) is 0 Å². The zero-order valence-electron chi connectivity index (χ0n) is 13.2. The van der Waals surface area contributed by atoms with E-state index in [0.29, 0.717) is 18.9 Å². The number of anilines is 2. The summed E-state index contributed by atoms with van der Waals surface area (Å²) in [5, 5.41) is 3.01. The third kappa shape index (κ3) is 4.46. The molecular weight excluding hydrogens is 262 g/mol. The first-order valence-electron chi connectivity index (χ1n) is 7.95. The topological polar surface area (TPSA) is 58.4 Å². The van der Waals surface area contributed by atoms with Gasteiger partial charge in [0, 0.05) is 30.9 Å². The monoisotopic (exact) mass is 289 g/mol. The maximum Gasteiger partial charge on any atom is 0.224 e. The quantitative estimate of drug-likeness (QED) is 0.846. The summed E-state index contributed by atoms with van der Waals surface area (Å²) < 4.78 is 0. The van der Waals surface area contributed by atoms with Crippen molar-refractivity contribution in [2.24, 2.45) is 11.7 Å². The Morgan fingerprint density at radius 2 is 2.10 bits per heavy atom. The van der Waals surface area contributed by atoms with E-state index in [1.807, 2.05) is 6.07 Å². The van der Waals surface area contributed by atoms with Gasteiger partial charge in [0.1, 0.15) is 0 Å². The summed E-state index contributed by atoms with van der Waals surface area (Å²) in [6, 6.07) is 6.30. The number of rotatable bonds is 6. The Hall–Kier alpha value is -1.55. The minimum Gasteiger partial charge on any atom is -0.372 e. The molecule has 4 nitrogen and oxygen atoms in total. The molecule has 1 aliphatic heterocycles. The van der Waals surface area contributed by atoms with E-state index < -0.39 is 0 Å². The van der Waals surface area contributed by atoms with Crippen molar-refractivity contribution < 1.29 is 4.79 Å². The van der Waals surface area contributed by atoms with Crippen molar-refractivity contribution >= 4 is 17.3 Å². The van der Waals surface area contributed by atoms with E-state index in [1.54, 1.807) is 0 Å². The smallest absolute Gasteiger partial charge is 0.224 e. The van der Waals surface area contributed by atoms with Crippen molar-refractivity contribution in [3.8, 4) is 0 Å². The average molecular weight is 289 g/mol. The van der Waals surface area contributed by atoms with Crippen LogP contribution in [0.2, 0.25) is 0 Å². The highest BCUT2D eigenvalue weighted by molar-refractivity contribution is 5.91. The predicted octanol–water partition coefficient (Wildman–Crippen LogP) is 2.91. The standard InChI is InChI=1S/C17H27N3O/c1-13(12-18)5-8-17(21)19-16-7-6-15(11-14(16)2)20-9-3-4-10-20/h6-7,11,13H,3-5,8-10,12,18H2,1-2H3,(H,19,21). The van der Waals surface area contributed by atoms with Gasteiger partial charge in [0.05, 0.1) is 0 Å². The highest BCUT2D eigenvalue weighted by Crippen LogP contribution is 2.25. The molecule has 1 aromatic carbocycles. The van der Waals surface area contributed by atoms with Gasteiger partial charge in [0.2, 0.25) is 5.91 Å². The van der Waals surface area contributed by atoms with Crippen molar-refractivity contribution in [1.82, 2.24) is 0 Å². The first-order valence-corrected chi connectivity index (χ1v) is 7.95. The SMILES string of the molecule is Cc1cc(N2CCCC2)ccc1NC(=O)CCC(C)CN. The van der Waals surface area contributed by atoms with Gasteiger partial charge in [-0.1, -0.05) is 6.92 Å². The lowest BCUT2D eigenvalue weighted by atomic mass is 10.1. The maximum atomic E-state index is 12.0. The lowest BCUT2D eigenvalue weighted by molar-refractivity contribution is -0.116. The third-order valence-electron chi connectivity index (χ3n) is 4.22. The molecule has 0 bridgehead atoms. The number of hydrogen-bond acceptors (Lipinski definition) is 3. The fourth-order valence-corrected chi connectivity index (χ4v) is 2.67. The molecule has 0 aliphatic carbocycles. The van der Waals surface area contributed by atoms with Crippen LogP contribution in [0.25, 0.3) is 0 Å². The lowest BCUT2D eigenvalue weighted by Gasteiger charge is -2.19. The number of nitrogens with zero attached hydrogens (tertiary/aromatic N) is 1. The second-order valence-electron chi connectivity index (χ2n) is 6.12. The fourth-order valence-electron chi connectivity index (χ4n) is 2.67. The van der Waals surface area contributed by atoms with Gasteiger partial charge in [-0.3, -0.25) is 4.79 Å². The summed E-state index contributed by atoms with van der Waals surface area (Å²) in [5.41, 5.74) is 8.88. The van der Waals surface area contributed by atoms with Crippen molar-refractivity contribution in [3.63, 3.8) is 0 Å². The minimum atomic E-state index is 0.0762. The van der Waals surface area contributed by atoms with Gasteiger partial charge in [-0.05, 0) is 62.4 Å². The van der Waals surface area contributed by atoms with Crippen LogP contribution in [-0.2, 0) is 4.79 Å². The molecule has 3 N–H and O–H groups in total. The predicted molar refractivity (Wildman–Crippen MR) is 88.7 cm³/mol. The number of amides is 1. The molecule has 2 rings (SSSR count). The Kier molecular flexibility index (Phi) is 5.62. The van der Waals surface area contributed by atoms with Gasteiger partial charge < -0.3 is 16.0 Å². The number of aryl methyl sites for hydroxylation is 1. The Labute approximate surface area is 127 Å². The normalized spacial score (nSPS) is 16.0. The summed E-state index contributed by atoms with van der Waals surface area (Å²) in [4.78, 5) is 14.4. The van der Waals surface area contributed by atoms with Gasteiger partial charge in [0.25, 0.3) is 0 Å². The zero-order chi connectivity index (χ0) is 15.2. The molecule has 1 atom stereocenters. The molecule has 0 spiro atoms. The largest absolute Gasteiger partial charge is 0.372 e. The third-order valence-corrected chi connectivity index (χ3v) is 4.22. The Morgan fingerprint density at radius 3 is 2.71 bits per heavy atom. The zero-order valence-corrected chi connectivity index (χ0v) is 13.2. The molecule has 0 aromatic heterocycles. The number of carbonyl (C=O) groups is 1. The van der Waals surface area contributed by atoms with Gasteiger partial charge in [-0.2, -0.15) is 0 Å². The van der Waals surface area contributed by atoms with Crippen molar-refractivity contribution in [1.29, 1.82) is 0 Å². The summed E-state index contributed by atoms with van der Waals surface area (Å²) in [6.45, 7) is 7.04. The van der Waals surface area contributed by atoms with E-state index in [0.717, 1.165) is 30.8 Å². The van der Waals surface area contributed by atoms with Crippen LogP contribution in [0, 0.1) is 12.8 Å². The molecule has 1 aliphatic rings. The summed E-state index contributed by atoms with van der Waals surface area (Å²) in [5.74, 6) is 0.474. The molecule has 1 fully saturated rings. The average Bonchev–Trinajstić information content (AvgIpc) is 3.01. The van der Waals surface area contributed by atoms with E-state index in [-0.39, 0.29) is 5.91 Å². The van der Waals surface area contributed by atoms with E-state index in [1.165, 1.54) is 18.5 Å². The Morgan fingerprint density at radius 1 is 1.38 bits per heavy atom. The number of nitrogens with one attached hydrogen (secondary N) is 1. The molecule has 1 unspecified atom stereocenters. The lowest BCUT2D eigenvalue weighted by Crippen LogP contribution is -2.18. The summed E-state index contributed by atoms with van der Waals surface area (Å²) in [7, 11) is 0. The van der Waals surface area contributed by atoms with Gasteiger partial charge in [0.15, 0.2) is 0 Å². The number of nitrogens with two attached hydrogens (primary N) is 1. The molecule has 4 heteroatoms. The molecule has 0 radical (unpaired) electrons. The van der Waals surface area contributed by atoms with Crippen LogP contribution in [-0.4, -0.2) is 25.5 Å². The van der Waals surface area contributed by atoms with Crippen LogP contribution in [0.4, 0.5) is 11.4 Å². The first kappa shape index (κ1) is 15.8. The molecular formula is C17H27N3O. The summed E-state index contributed by atoms with van der Waals surface area (Å²) in [6.07, 6.45) is 3.92. The molecule has 1 aromatic rings. The maximum absolute atomic E-state index is 12.0. The Bertz CT molecular complexity index is 481. The molecule has 1 heterocycles. The summed E-state index contributed by atoms with van der Waals surface area (Å²) >= 11 is 0. The van der Waals surface area contributed by atoms with Crippen molar-refractivity contribution in [2.75, 3.05) is 29.9 Å². The van der Waals surface area contributed by atoms with Gasteiger partial charge >= 0.3 is 0 Å². The molecule has 1 amide bonds. The van der Waals surface area contributed by atoms with Crippen molar-refractivity contribution in [2.45, 2.75) is 39.5 Å². The van der Waals surface area contributed by atoms with Gasteiger partial charge in [-0.25, -0.2) is 0 Å². The van der Waals surface area contributed by atoms with Crippen LogP contribution in [0.15, 0.2) is 18.2 Å². The van der Waals surface area contributed by atoms with E-state index in [9.17, 15) is 4.79 Å². The molecule has 0 saturated carbocycles. The van der Waals surface area contributed by atoms with Crippen LogP contribution < -0.4 is 16.0 Å². The fraction of sp³-hybridized carbons (Fsp3) is 0.588. The highest BCUT2D eigenvalue weighted by Gasteiger charge is 2.13. The van der Waals surface area contributed by atoms with Crippen LogP contribution in [0.1, 0.15) is 38.2 Å². The molecule has 116 valence electrons.